The van der Waals surface area contributed by atoms with Crippen molar-refractivity contribution in [2.24, 2.45) is 4.99 Å². The van der Waals surface area contributed by atoms with Crippen LogP contribution in [0.15, 0.2) is 29.3 Å². The molecule has 0 bridgehead atoms. The van der Waals surface area contributed by atoms with Crippen molar-refractivity contribution >= 4 is 35.9 Å². The van der Waals surface area contributed by atoms with Gasteiger partial charge < -0.3 is 15.0 Å². The van der Waals surface area contributed by atoms with Crippen molar-refractivity contribution in [2.45, 2.75) is 33.2 Å². The average molecular weight is 433 g/mol. The van der Waals surface area contributed by atoms with E-state index < -0.39 is 0 Å². The van der Waals surface area contributed by atoms with Crippen LogP contribution in [0.3, 0.4) is 0 Å². The maximum Gasteiger partial charge on any atom is 0.305 e. The van der Waals surface area contributed by atoms with Crippen molar-refractivity contribution in [3.8, 4) is 0 Å². The highest BCUT2D eigenvalue weighted by atomic mass is 127. The maximum atomic E-state index is 11.3. The molecule has 0 radical (unpaired) electrons. The summed E-state index contributed by atoms with van der Waals surface area (Å²) in [6.07, 6.45) is 1.16. The van der Waals surface area contributed by atoms with Gasteiger partial charge in [-0.2, -0.15) is 0 Å². The Morgan fingerprint density at radius 3 is 2.65 bits per heavy atom. The monoisotopic (exact) mass is 433 g/mol. The minimum atomic E-state index is -0.146. The van der Waals surface area contributed by atoms with E-state index in [0.29, 0.717) is 19.6 Å². The maximum absolute atomic E-state index is 11.3. The highest BCUT2D eigenvalue weighted by molar-refractivity contribution is 14.0. The number of aliphatic imine (C=N–C) groups is 1. The van der Waals surface area contributed by atoms with Gasteiger partial charge in [-0.15, -0.1) is 24.0 Å². The SMILES string of the molecule is CCOC(=O)CCCNC(=NC)N(C)Cc1ccccc1C.I. The van der Waals surface area contributed by atoms with Gasteiger partial charge in [0.05, 0.1) is 6.61 Å². The Morgan fingerprint density at radius 1 is 1.35 bits per heavy atom. The molecule has 1 rings (SSSR count). The van der Waals surface area contributed by atoms with Crippen LogP contribution in [-0.2, 0) is 16.1 Å². The number of aryl methyl sites for hydroxylation is 1. The van der Waals surface area contributed by atoms with Crippen molar-refractivity contribution < 1.29 is 9.53 Å². The minimum Gasteiger partial charge on any atom is -0.466 e. The molecule has 0 aliphatic rings. The number of hydrogen-bond acceptors (Lipinski definition) is 3. The first-order valence-electron chi connectivity index (χ1n) is 7.70. The van der Waals surface area contributed by atoms with E-state index in [-0.39, 0.29) is 29.9 Å². The molecule has 1 aromatic rings. The first-order valence-corrected chi connectivity index (χ1v) is 7.70. The standard InChI is InChI=1S/C17H27N3O2.HI/c1-5-22-16(21)11-8-12-19-17(18-3)20(4)13-15-10-7-6-9-14(15)2;/h6-7,9-10H,5,8,11-13H2,1-4H3,(H,18,19);1H. The van der Waals surface area contributed by atoms with E-state index in [4.69, 9.17) is 4.74 Å². The molecular weight excluding hydrogens is 405 g/mol. The smallest absolute Gasteiger partial charge is 0.305 e. The second kappa shape index (κ2) is 12.2. The summed E-state index contributed by atoms with van der Waals surface area (Å²) in [6, 6.07) is 8.32. The second-order valence-electron chi connectivity index (χ2n) is 5.17. The third-order valence-corrected chi connectivity index (χ3v) is 3.39. The normalized spacial score (nSPS) is 10.7. The quantitative estimate of drug-likeness (QED) is 0.236. The molecule has 0 spiro atoms. The zero-order valence-corrected chi connectivity index (χ0v) is 16.8. The van der Waals surface area contributed by atoms with E-state index in [2.05, 4.69) is 34.3 Å². The van der Waals surface area contributed by atoms with Crippen LogP contribution in [0.4, 0.5) is 0 Å². The molecule has 0 unspecified atom stereocenters. The molecule has 0 aliphatic carbocycles. The predicted octanol–water partition coefficient (Wildman–Crippen LogP) is 2.96. The molecule has 23 heavy (non-hydrogen) atoms. The molecule has 0 atom stereocenters. The first kappa shape index (κ1) is 21.7. The topological polar surface area (TPSA) is 53.9 Å². The Kier molecular flexibility index (Phi) is 11.5. The third-order valence-electron chi connectivity index (χ3n) is 3.39. The van der Waals surface area contributed by atoms with Gasteiger partial charge in [-0.05, 0) is 31.4 Å². The molecule has 0 aliphatic heterocycles. The second-order valence-corrected chi connectivity index (χ2v) is 5.17. The van der Waals surface area contributed by atoms with E-state index in [1.54, 1.807) is 7.05 Å². The van der Waals surface area contributed by atoms with Gasteiger partial charge in [-0.3, -0.25) is 9.79 Å². The Balaban J connectivity index is 0.00000484. The van der Waals surface area contributed by atoms with Gasteiger partial charge >= 0.3 is 5.97 Å². The van der Waals surface area contributed by atoms with Gasteiger partial charge in [-0.1, -0.05) is 24.3 Å². The van der Waals surface area contributed by atoms with Crippen molar-refractivity contribution in [1.82, 2.24) is 10.2 Å². The summed E-state index contributed by atoms with van der Waals surface area (Å²) in [5, 5.41) is 3.27. The molecule has 5 nitrogen and oxygen atoms in total. The molecule has 1 N–H and O–H groups in total. The van der Waals surface area contributed by atoms with Crippen LogP contribution < -0.4 is 5.32 Å². The number of nitrogens with one attached hydrogen (secondary N) is 1. The van der Waals surface area contributed by atoms with Gasteiger partial charge in [0, 0.05) is 33.6 Å². The van der Waals surface area contributed by atoms with Gasteiger partial charge in [0.2, 0.25) is 0 Å². The molecule has 6 heteroatoms. The number of rotatable bonds is 7. The van der Waals surface area contributed by atoms with Crippen LogP contribution in [0.25, 0.3) is 0 Å². The summed E-state index contributed by atoms with van der Waals surface area (Å²) >= 11 is 0. The predicted molar refractivity (Wildman–Crippen MR) is 105 cm³/mol. The van der Waals surface area contributed by atoms with Crippen LogP contribution in [-0.4, -0.2) is 44.1 Å². The molecule has 0 amide bonds. The zero-order chi connectivity index (χ0) is 16.4. The Morgan fingerprint density at radius 2 is 2.04 bits per heavy atom. The van der Waals surface area contributed by atoms with Crippen LogP contribution >= 0.6 is 24.0 Å². The molecule has 0 aromatic heterocycles. The number of ether oxygens (including phenoxy) is 1. The van der Waals surface area contributed by atoms with Crippen molar-refractivity contribution in [1.29, 1.82) is 0 Å². The van der Waals surface area contributed by atoms with Gasteiger partial charge in [-0.25, -0.2) is 0 Å². The number of carbonyl (C=O) groups is 1. The van der Waals surface area contributed by atoms with E-state index >= 15 is 0 Å². The number of nitrogens with zero attached hydrogens (tertiary/aromatic N) is 2. The summed E-state index contributed by atoms with van der Waals surface area (Å²) in [4.78, 5) is 17.6. The number of esters is 1. The number of carbonyl (C=O) groups excluding carboxylic acids is 1. The van der Waals surface area contributed by atoms with Gasteiger partial charge in [0.15, 0.2) is 5.96 Å². The minimum absolute atomic E-state index is 0. The molecular formula is C17H28IN3O2. The Labute approximate surface area is 156 Å². The van der Waals surface area contributed by atoms with E-state index in [0.717, 1.165) is 18.9 Å². The molecule has 1 aromatic carbocycles. The van der Waals surface area contributed by atoms with Crippen LogP contribution in [0.5, 0.6) is 0 Å². The zero-order valence-electron chi connectivity index (χ0n) is 14.5. The molecule has 0 saturated heterocycles. The third kappa shape index (κ3) is 8.20. The Hall–Kier alpha value is -1.31. The van der Waals surface area contributed by atoms with Crippen LogP contribution in [0, 0.1) is 6.92 Å². The van der Waals surface area contributed by atoms with E-state index in [9.17, 15) is 4.79 Å². The largest absolute Gasteiger partial charge is 0.466 e. The lowest BCUT2D eigenvalue weighted by molar-refractivity contribution is -0.143. The fourth-order valence-electron chi connectivity index (χ4n) is 2.17. The van der Waals surface area contributed by atoms with Crippen molar-refractivity contribution in [3.63, 3.8) is 0 Å². The molecule has 130 valence electrons. The lowest BCUT2D eigenvalue weighted by atomic mass is 10.1. The molecule has 0 saturated carbocycles. The number of halogens is 1. The molecule has 0 heterocycles. The van der Waals surface area contributed by atoms with E-state index in [1.807, 2.05) is 26.1 Å². The van der Waals surface area contributed by atoms with Crippen molar-refractivity contribution in [3.05, 3.63) is 35.4 Å². The fourth-order valence-corrected chi connectivity index (χ4v) is 2.17. The Bertz CT molecular complexity index is 506. The number of guanidine groups is 1. The van der Waals surface area contributed by atoms with Gasteiger partial charge in [0.1, 0.15) is 0 Å². The first-order chi connectivity index (χ1) is 10.6. The molecule has 0 fully saturated rings. The summed E-state index contributed by atoms with van der Waals surface area (Å²) in [7, 11) is 3.77. The van der Waals surface area contributed by atoms with Gasteiger partial charge in [0.25, 0.3) is 0 Å². The number of hydrogen-bond donors (Lipinski definition) is 1. The average Bonchev–Trinajstić information content (AvgIpc) is 2.50. The lowest BCUT2D eigenvalue weighted by Crippen LogP contribution is -2.39. The summed E-state index contributed by atoms with van der Waals surface area (Å²) in [6.45, 7) is 5.86. The fraction of sp³-hybridized carbons (Fsp3) is 0.529. The number of benzene rings is 1. The highest BCUT2D eigenvalue weighted by Gasteiger charge is 2.08. The summed E-state index contributed by atoms with van der Waals surface area (Å²) < 4.78 is 4.91. The summed E-state index contributed by atoms with van der Waals surface area (Å²) in [5.74, 6) is 0.680. The highest BCUT2D eigenvalue weighted by Crippen LogP contribution is 2.09. The van der Waals surface area contributed by atoms with Crippen LogP contribution in [0.1, 0.15) is 30.9 Å². The van der Waals surface area contributed by atoms with E-state index in [1.165, 1.54) is 11.1 Å². The van der Waals surface area contributed by atoms with Crippen LogP contribution in [0.2, 0.25) is 0 Å². The van der Waals surface area contributed by atoms with Crippen molar-refractivity contribution in [2.75, 3.05) is 27.2 Å². The summed E-state index contributed by atoms with van der Waals surface area (Å²) in [5.41, 5.74) is 2.55. The lowest BCUT2D eigenvalue weighted by Gasteiger charge is -2.23.